The van der Waals surface area contributed by atoms with Crippen molar-refractivity contribution < 1.29 is 4.79 Å². The number of nitrogens with zero attached hydrogens (tertiary/aromatic N) is 1. The highest BCUT2D eigenvalue weighted by Crippen LogP contribution is 2.17. The van der Waals surface area contributed by atoms with Crippen molar-refractivity contribution in [3.05, 3.63) is 52.6 Å². The first-order chi connectivity index (χ1) is 9.56. The Morgan fingerprint density at radius 2 is 2.30 bits per heavy atom. The van der Waals surface area contributed by atoms with E-state index < -0.39 is 0 Å². The van der Waals surface area contributed by atoms with Crippen LogP contribution in [-0.2, 0) is 11.2 Å². The molecule has 2 N–H and O–H groups in total. The molecule has 5 heteroatoms. The van der Waals surface area contributed by atoms with Gasteiger partial charge in [0.2, 0.25) is 5.91 Å². The Kier molecular flexibility index (Phi) is 4.79. The van der Waals surface area contributed by atoms with Crippen molar-refractivity contribution in [2.24, 2.45) is 0 Å². The number of aryl methyl sites for hydroxylation is 2. The third-order valence-electron chi connectivity index (χ3n) is 3.18. The van der Waals surface area contributed by atoms with Crippen molar-refractivity contribution in [2.75, 3.05) is 0 Å². The first-order valence-electron chi connectivity index (χ1n) is 6.60. The number of H-pyrrole nitrogens is 1. The molecule has 1 heterocycles. The van der Waals surface area contributed by atoms with Gasteiger partial charge < -0.3 is 10.3 Å². The van der Waals surface area contributed by atoms with Crippen LogP contribution in [0.25, 0.3) is 0 Å². The number of carbonyl (C=O) groups excluding carboxylic acids is 1. The Bertz CT molecular complexity index is 581. The smallest absolute Gasteiger partial charge is 0.220 e. The van der Waals surface area contributed by atoms with Gasteiger partial charge in [-0.25, -0.2) is 4.98 Å². The van der Waals surface area contributed by atoms with Gasteiger partial charge in [-0.1, -0.05) is 23.7 Å². The van der Waals surface area contributed by atoms with Crippen LogP contribution in [0.1, 0.15) is 36.3 Å². The highest BCUT2D eigenvalue weighted by atomic mass is 35.5. The maximum absolute atomic E-state index is 11.9. The number of aromatic amines is 1. The van der Waals surface area contributed by atoms with Gasteiger partial charge in [0.15, 0.2) is 0 Å². The quantitative estimate of drug-likeness (QED) is 0.889. The van der Waals surface area contributed by atoms with Gasteiger partial charge >= 0.3 is 0 Å². The summed E-state index contributed by atoms with van der Waals surface area (Å²) in [6.45, 7) is 3.86. The lowest BCUT2D eigenvalue weighted by molar-refractivity contribution is -0.121. The number of carbonyl (C=O) groups is 1. The number of aromatic nitrogens is 2. The number of halogens is 1. The second-order valence-corrected chi connectivity index (χ2v) is 5.25. The van der Waals surface area contributed by atoms with Gasteiger partial charge in [-0.2, -0.15) is 0 Å². The molecule has 4 nitrogen and oxygen atoms in total. The summed E-state index contributed by atoms with van der Waals surface area (Å²) in [7, 11) is 0. The minimum absolute atomic E-state index is 0.00518. The van der Waals surface area contributed by atoms with E-state index in [0.29, 0.717) is 12.8 Å². The molecule has 1 aromatic carbocycles. The molecule has 0 bridgehead atoms. The van der Waals surface area contributed by atoms with Crippen LogP contribution in [-0.4, -0.2) is 15.9 Å². The fraction of sp³-hybridized carbons (Fsp3) is 0.333. The molecular weight excluding hydrogens is 274 g/mol. The van der Waals surface area contributed by atoms with Crippen molar-refractivity contribution in [1.29, 1.82) is 0 Å². The van der Waals surface area contributed by atoms with Crippen LogP contribution in [0.4, 0.5) is 0 Å². The Morgan fingerprint density at radius 1 is 1.50 bits per heavy atom. The molecule has 0 aliphatic carbocycles. The molecule has 0 fully saturated rings. The zero-order valence-corrected chi connectivity index (χ0v) is 12.4. The molecule has 106 valence electrons. The molecule has 1 aromatic heterocycles. The summed E-state index contributed by atoms with van der Waals surface area (Å²) < 4.78 is 0. The van der Waals surface area contributed by atoms with E-state index in [0.717, 1.165) is 22.0 Å². The minimum Gasteiger partial charge on any atom is -0.347 e. The standard InChI is InChI=1S/C15H18ClN3O/c1-10-3-4-12(9-13(10)16)5-6-14(20)19-11(2)15-17-7-8-18-15/h3-4,7-9,11H,5-6H2,1-2H3,(H,17,18)(H,19,20). The van der Waals surface area contributed by atoms with Crippen molar-refractivity contribution in [3.63, 3.8) is 0 Å². The lowest BCUT2D eigenvalue weighted by Crippen LogP contribution is -2.27. The van der Waals surface area contributed by atoms with Gasteiger partial charge in [-0.3, -0.25) is 4.79 Å². The largest absolute Gasteiger partial charge is 0.347 e. The molecule has 2 aromatic rings. The Balaban J connectivity index is 1.84. The van der Waals surface area contributed by atoms with E-state index in [4.69, 9.17) is 11.6 Å². The van der Waals surface area contributed by atoms with Crippen LogP contribution in [0.15, 0.2) is 30.6 Å². The Hall–Kier alpha value is -1.81. The monoisotopic (exact) mass is 291 g/mol. The van der Waals surface area contributed by atoms with Crippen molar-refractivity contribution in [3.8, 4) is 0 Å². The van der Waals surface area contributed by atoms with Crippen LogP contribution in [0.3, 0.4) is 0 Å². The molecule has 0 aliphatic rings. The number of benzene rings is 1. The lowest BCUT2D eigenvalue weighted by Gasteiger charge is -2.11. The Morgan fingerprint density at radius 3 is 2.95 bits per heavy atom. The van der Waals surface area contributed by atoms with E-state index in [1.807, 2.05) is 32.0 Å². The van der Waals surface area contributed by atoms with E-state index in [2.05, 4.69) is 15.3 Å². The van der Waals surface area contributed by atoms with Crippen molar-refractivity contribution in [2.45, 2.75) is 32.7 Å². The summed E-state index contributed by atoms with van der Waals surface area (Å²) in [6, 6.07) is 5.78. The minimum atomic E-state index is -0.112. The number of amides is 1. The third-order valence-corrected chi connectivity index (χ3v) is 3.59. The molecule has 1 amide bonds. The summed E-state index contributed by atoms with van der Waals surface area (Å²) in [5.41, 5.74) is 2.12. The van der Waals surface area contributed by atoms with Gasteiger partial charge in [-0.05, 0) is 37.5 Å². The number of hydrogen-bond acceptors (Lipinski definition) is 2. The van der Waals surface area contributed by atoms with Gasteiger partial charge in [-0.15, -0.1) is 0 Å². The summed E-state index contributed by atoms with van der Waals surface area (Å²) in [5, 5.41) is 3.66. The average molecular weight is 292 g/mol. The molecule has 0 spiro atoms. The summed E-state index contributed by atoms with van der Waals surface area (Å²) in [5.74, 6) is 0.766. The van der Waals surface area contributed by atoms with Crippen molar-refractivity contribution in [1.82, 2.24) is 15.3 Å². The zero-order chi connectivity index (χ0) is 14.5. The predicted octanol–water partition coefficient (Wildman–Crippen LogP) is 3.18. The van der Waals surface area contributed by atoms with E-state index in [9.17, 15) is 4.79 Å². The van der Waals surface area contributed by atoms with Crippen LogP contribution in [0.5, 0.6) is 0 Å². The fourth-order valence-electron chi connectivity index (χ4n) is 1.95. The third kappa shape index (κ3) is 3.84. The normalized spacial score (nSPS) is 12.2. The number of hydrogen-bond donors (Lipinski definition) is 2. The van der Waals surface area contributed by atoms with Gasteiger partial charge in [0.05, 0.1) is 6.04 Å². The maximum Gasteiger partial charge on any atom is 0.220 e. The molecule has 1 unspecified atom stereocenters. The molecule has 0 aliphatic heterocycles. The fourth-order valence-corrected chi connectivity index (χ4v) is 2.15. The van der Waals surface area contributed by atoms with E-state index >= 15 is 0 Å². The van der Waals surface area contributed by atoms with Gasteiger partial charge in [0.25, 0.3) is 0 Å². The molecule has 1 atom stereocenters. The van der Waals surface area contributed by atoms with Crippen LogP contribution in [0.2, 0.25) is 5.02 Å². The molecule has 0 saturated heterocycles. The highest BCUT2D eigenvalue weighted by molar-refractivity contribution is 6.31. The SMILES string of the molecule is Cc1ccc(CCC(=O)NC(C)c2ncc[nH]2)cc1Cl. The second kappa shape index (κ2) is 6.57. The molecule has 0 radical (unpaired) electrons. The first kappa shape index (κ1) is 14.6. The van der Waals surface area contributed by atoms with Crippen molar-refractivity contribution >= 4 is 17.5 Å². The van der Waals surface area contributed by atoms with Gasteiger partial charge in [0.1, 0.15) is 5.82 Å². The summed E-state index contributed by atoms with van der Waals surface area (Å²) in [4.78, 5) is 19.0. The molecule has 20 heavy (non-hydrogen) atoms. The summed E-state index contributed by atoms with van der Waals surface area (Å²) >= 11 is 6.07. The molecular formula is C15H18ClN3O. The van der Waals surface area contributed by atoms with E-state index in [-0.39, 0.29) is 11.9 Å². The molecule has 0 saturated carbocycles. The highest BCUT2D eigenvalue weighted by Gasteiger charge is 2.11. The van der Waals surface area contributed by atoms with Gasteiger partial charge in [0, 0.05) is 23.8 Å². The number of rotatable bonds is 5. The number of imidazole rings is 1. The molecule has 2 rings (SSSR count). The zero-order valence-electron chi connectivity index (χ0n) is 11.6. The predicted molar refractivity (Wildman–Crippen MR) is 79.7 cm³/mol. The topological polar surface area (TPSA) is 57.8 Å². The van der Waals surface area contributed by atoms with Crippen LogP contribution >= 0.6 is 11.6 Å². The van der Waals surface area contributed by atoms with E-state index in [1.165, 1.54) is 0 Å². The summed E-state index contributed by atoms with van der Waals surface area (Å²) in [6.07, 6.45) is 4.53. The average Bonchev–Trinajstić information content (AvgIpc) is 2.94. The lowest BCUT2D eigenvalue weighted by atomic mass is 10.1. The number of nitrogens with one attached hydrogen (secondary N) is 2. The maximum atomic E-state index is 11.9. The van der Waals surface area contributed by atoms with Crippen LogP contribution < -0.4 is 5.32 Å². The van der Waals surface area contributed by atoms with E-state index in [1.54, 1.807) is 12.4 Å². The first-order valence-corrected chi connectivity index (χ1v) is 6.97. The van der Waals surface area contributed by atoms with Crippen LogP contribution in [0, 0.1) is 6.92 Å². The second-order valence-electron chi connectivity index (χ2n) is 4.85. The Labute approximate surface area is 123 Å².